The van der Waals surface area contributed by atoms with Gasteiger partial charge < -0.3 is 20.5 Å². The molecule has 0 aliphatic carbocycles. The Kier molecular flexibility index (Phi) is 6.43. The van der Waals surface area contributed by atoms with Crippen LogP contribution < -0.4 is 10.5 Å². The van der Waals surface area contributed by atoms with Gasteiger partial charge in [0.05, 0.1) is 18.6 Å². The molecule has 2 aromatic rings. The van der Waals surface area contributed by atoms with E-state index in [-0.39, 0.29) is 35.9 Å². The Labute approximate surface area is 166 Å². The van der Waals surface area contributed by atoms with Crippen molar-refractivity contribution in [3.63, 3.8) is 0 Å². The molecule has 0 aromatic heterocycles. The lowest BCUT2D eigenvalue weighted by atomic mass is 10.0. The lowest BCUT2D eigenvalue weighted by Gasteiger charge is -2.30. The number of likely N-dealkylation sites (tertiary alicyclic amines) is 1. The number of ether oxygens (including phenoxy) is 1. The van der Waals surface area contributed by atoms with Gasteiger partial charge in [-0.25, -0.2) is 8.78 Å². The number of carbonyl (C=O) groups excluding carboxylic acids is 1. The van der Waals surface area contributed by atoms with E-state index in [9.17, 15) is 18.4 Å². The van der Waals surface area contributed by atoms with Crippen molar-refractivity contribution in [2.45, 2.75) is 25.3 Å². The molecule has 6 nitrogen and oxygen atoms in total. The predicted molar refractivity (Wildman–Crippen MR) is 103 cm³/mol. The van der Waals surface area contributed by atoms with Gasteiger partial charge in [0.25, 0.3) is 5.91 Å². The number of rotatable bonds is 6. The minimum atomic E-state index is -1.03. The molecule has 3 N–H and O–H groups in total. The second-order valence-electron chi connectivity index (χ2n) is 6.96. The van der Waals surface area contributed by atoms with Gasteiger partial charge in [-0.1, -0.05) is 6.07 Å². The second kappa shape index (κ2) is 9.00. The second-order valence-corrected chi connectivity index (χ2v) is 6.96. The topological polar surface area (TPSA) is 92.9 Å². The number of nitrogens with zero attached hydrogens (tertiary/aromatic N) is 1. The fraction of sp³-hybridized carbons (Fsp3) is 0.333. The van der Waals surface area contributed by atoms with Crippen molar-refractivity contribution in [2.24, 2.45) is 5.73 Å². The molecule has 2 aromatic carbocycles. The molecule has 3 rings (SSSR count). The van der Waals surface area contributed by atoms with Crippen molar-refractivity contribution >= 4 is 11.9 Å². The number of carboxylic acids is 1. The van der Waals surface area contributed by atoms with E-state index in [0.29, 0.717) is 31.5 Å². The third-order valence-corrected chi connectivity index (χ3v) is 4.85. The van der Waals surface area contributed by atoms with E-state index < -0.39 is 23.5 Å². The number of carbonyl (C=O) groups is 2. The molecule has 0 radical (unpaired) electrons. The lowest BCUT2D eigenvalue weighted by molar-refractivity contribution is -0.137. The van der Waals surface area contributed by atoms with Crippen LogP contribution in [-0.4, -0.2) is 47.6 Å². The van der Waals surface area contributed by atoms with Crippen LogP contribution in [0.1, 0.15) is 29.6 Å². The van der Waals surface area contributed by atoms with Crippen molar-refractivity contribution in [1.29, 1.82) is 0 Å². The van der Waals surface area contributed by atoms with Gasteiger partial charge >= 0.3 is 5.97 Å². The third kappa shape index (κ3) is 5.08. The molecule has 0 unspecified atom stereocenters. The fourth-order valence-electron chi connectivity index (χ4n) is 3.23. The maximum atomic E-state index is 14.7. The first-order chi connectivity index (χ1) is 13.8. The highest BCUT2D eigenvalue weighted by Crippen LogP contribution is 2.32. The maximum Gasteiger partial charge on any atom is 0.306 e. The number of hydrogen-bond acceptors (Lipinski definition) is 4. The fourth-order valence-corrected chi connectivity index (χ4v) is 3.23. The summed E-state index contributed by atoms with van der Waals surface area (Å²) in [5.74, 6) is -2.46. The summed E-state index contributed by atoms with van der Waals surface area (Å²) in [6.07, 6.45) is 1.12. The Morgan fingerprint density at radius 2 is 1.86 bits per heavy atom. The van der Waals surface area contributed by atoms with Gasteiger partial charge in [-0.15, -0.1) is 0 Å². The van der Waals surface area contributed by atoms with Crippen molar-refractivity contribution in [3.8, 4) is 16.9 Å². The van der Waals surface area contributed by atoms with Crippen LogP contribution in [0.5, 0.6) is 5.75 Å². The van der Waals surface area contributed by atoms with Gasteiger partial charge in [0, 0.05) is 24.7 Å². The summed E-state index contributed by atoms with van der Waals surface area (Å²) in [7, 11) is 0. The summed E-state index contributed by atoms with van der Waals surface area (Å²) < 4.78 is 33.9. The van der Waals surface area contributed by atoms with Crippen LogP contribution in [0, 0.1) is 11.6 Å². The first-order valence-corrected chi connectivity index (χ1v) is 9.34. The summed E-state index contributed by atoms with van der Waals surface area (Å²) in [4.78, 5) is 24.8. The number of nitrogens with two attached hydrogens (primary N) is 1. The Bertz CT molecular complexity index is 912. The van der Waals surface area contributed by atoms with Gasteiger partial charge in [0.15, 0.2) is 0 Å². The van der Waals surface area contributed by atoms with E-state index in [0.717, 1.165) is 6.07 Å². The Morgan fingerprint density at radius 3 is 2.52 bits per heavy atom. The van der Waals surface area contributed by atoms with Crippen LogP contribution in [0.25, 0.3) is 11.1 Å². The van der Waals surface area contributed by atoms with Gasteiger partial charge in [-0.2, -0.15) is 0 Å². The first kappa shape index (κ1) is 20.7. The van der Waals surface area contributed by atoms with Gasteiger partial charge in [0.1, 0.15) is 17.4 Å². The highest BCUT2D eigenvalue weighted by molar-refractivity contribution is 5.95. The van der Waals surface area contributed by atoms with Crippen LogP contribution in [0.15, 0.2) is 36.4 Å². The average molecular weight is 404 g/mol. The zero-order valence-corrected chi connectivity index (χ0v) is 15.7. The molecule has 154 valence electrons. The quantitative estimate of drug-likeness (QED) is 0.772. The number of aliphatic carboxylic acids is 1. The standard InChI is InChI=1S/C21H22F2N2O4/c22-14-2-4-19(29-10-7-20(26)27)17(12-14)13-1-3-16(18(23)11-13)21(28)25-8-5-15(24)6-9-25/h1-4,11-12,15H,5-10,24H2,(H,26,27). The molecule has 1 heterocycles. The lowest BCUT2D eigenvalue weighted by Crippen LogP contribution is -2.43. The van der Waals surface area contributed by atoms with E-state index in [1.165, 1.54) is 30.3 Å². The molecule has 0 atom stereocenters. The zero-order chi connectivity index (χ0) is 21.0. The van der Waals surface area contributed by atoms with E-state index in [1.807, 2.05) is 0 Å². The molecule has 0 saturated carbocycles. The Hall–Kier alpha value is -3.00. The SMILES string of the molecule is NC1CCN(C(=O)c2ccc(-c3cc(F)ccc3OCCC(=O)O)cc2F)CC1. The third-order valence-electron chi connectivity index (χ3n) is 4.85. The monoisotopic (exact) mass is 404 g/mol. The van der Waals surface area contributed by atoms with Gasteiger partial charge in [0.2, 0.25) is 0 Å². The zero-order valence-electron chi connectivity index (χ0n) is 15.7. The summed E-state index contributed by atoms with van der Waals surface area (Å²) >= 11 is 0. The van der Waals surface area contributed by atoms with E-state index in [4.69, 9.17) is 15.6 Å². The number of hydrogen-bond donors (Lipinski definition) is 2. The Morgan fingerprint density at radius 1 is 1.14 bits per heavy atom. The van der Waals surface area contributed by atoms with Crippen LogP contribution >= 0.6 is 0 Å². The van der Waals surface area contributed by atoms with Crippen molar-refractivity contribution in [3.05, 3.63) is 53.6 Å². The molecule has 1 aliphatic rings. The van der Waals surface area contributed by atoms with Gasteiger partial charge in [-0.05, 0) is 48.7 Å². The van der Waals surface area contributed by atoms with Crippen LogP contribution in [0.3, 0.4) is 0 Å². The Balaban J connectivity index is 1.83. The number of carboxylic acid groups (broad SMARTS) is 1. The smallest absolute Gasteiger partial charge is 0.306 e. The molecule has 0 bridgehead atoms. The summed E-state index contributed by atoms with van der Waals surface area (Å²) in [5, 5.41) is 8.73. The minimum absolute atomic E-state index is 0.0544. The van der Waals surface area contributed by atoms with E-state index in [2.05, 4.69) is 0 Å². The number of halogens is 2. The summed E-state index contributed by atoms with van der Waals surface area (Å²) in [5.41, 5.74) is 6.38. The van der Waals surface area contributed by atoms with Crippen LogP contribution in [-0.2, 0) is 4.79 Å². The van der Waals surface area contributed by atoms with Crippen LogP contribution in [0.2, 0.25) is 0 Å². The number of benzene rings is 2. The molecule has 1 aliphatic heterocycles. The number of piperidine rings is 1. The first-order valence-electron chi connectivity index (χ1n) is 9.34. The average Bonchev–Trinajstić information content (AvgIpc) is 2.69. The molecule has 8 heteroatoms. The summed E-state index contributed by atoms with van der Waals surface area (Å²) in [6, 6.07) is 7.81. The molecule has 29 heavy (non-hydrogen) atoms. The predicted octanol–water partition coefficient (Wildman–Crippen LogP) is 3.05. The highest BCUT2D eigenvalue weighted by atomic mass is 19.1. The normalized spacial score (nSPS) is 14.7. The van der Waals surface area contributed by atoms with E-state index in [1.54, 1.807) is 4.90 Å². The molecule has 1 amide bonds. The summed E-state index contributed by atoms with van der Waals surface area (Å²) in [6.45, 7) is 0.851. The van der Waals surface area contributed by atoms with Crippen molar-refractivity contribution in [1.82, 2.24) is 4.90 Å². The molecule has 1 saturated heterocycles. The van der Waals surface area contributed by atoms with Crippen LogP contribution in [0.4, 0.5) is 8.78 Å². The molecule has 0 spiro atoms. The molecular formula is C21H22F2N2O4. The van der Waals surface area contributed by atoms with Crippen molar-refractivity contribution in [2.75, 3.05) is 19.7 Å². The number of amides is 1. The molecular weight excluding hydrogens is 382 g/mol. The van der Waals surface area contributed by atoms with E-state index >= 15 is 0 Å². The highest BCUT2D eigenvalue weighted by Gasteiger charge is 2.24. The minimum Gasteiger partial charge on any atom is -0.492 e. The van der Waals surface area contributed by atoms with Gasteiger partial charge in [-0.3, -0.25) is 9.59 Å². The van der Waals surface area contributed by atoms with Crippen molar-refractivity contribution < 1.29 is 28.2 Å². The molecule has 1 fully saturated rings. The maximum absolute atomic E-state index is 14.7. The largest absolute Gasteiger partial charge is 0.492 e.